The summed E-state index contributed by atoms with van der Waals surface area (Å²) in [6, 6.07) is 3.38. The highest BCUT2D eigenvalue weighted by Gasteiger charge is 2.37. The van der Waals surface area contributed by atoms with E-state index in [2.05, 4.69) is 4.90 Å². The van der Waals surface area contributed by atoms with Crippen molar-refractivity contribution in [2.45, 2.75) is 38.5 Å². The lowest BCUT2D eigenvalue weighted by Gasteiger charge is -2.39. The Morgan fingerprint density at radius 3 is 2.33 bits per heavy atom. The van der Waals surface area contributed by atoms with Crippen LogP contribution >= 0.6 is 0 Å². The molecule has 1 spiro atoms. The van der Waals surface area contributed by atoms with Crippen molar-refractivity contribution in [2.24, 2.45) is 5.41 Å². The summed E-state index contributed by atoms with van der Waals surface area (Å²) in [6.07, 6.45) is 7.67. The number of halogens is 2. The quantitative estimate of drug-likeness (QED) is 0.790. The highest BCUT2D eigenvalue weighted by atomic mass is 19.2. The van der Waals surface area contributed by atoms with Crippen molar-refractivity contribution < 1.29 is 13.6 Å². The molecule has 0 amide bonds. The normalized spacial score (nSPS) is 21.8. The van der Waals surface area contributed by atoms with E-state index in [4.69, 9.17) is 0 Å². The number of carbonyl (C=O) groups excluding carboxylic acids is 1. The lowest BCUT2D eigenvalue weighted by molar-refractivity contribution is 0.0797. The zero-order chi connectivity index (χ0) is 14.9. The Labute approximate surface area is 124 Å². The van der Waals surface area contributed by atoms with E-state index in [-0.39, 0.29) is 11.3 Å². The van der Waals surface area contributed by atoms with Crippen molar-refractivity contribution >= 4 is 5.78 Å². The van der Waals surface area contributed by atoms with Crippen LogP contribution in [0.4, 0.5) is 8.78 Å². The average molecular weight is 293 g/mol. The minimum Gasteiger partial charge on any atom is -0.296 e. The van der Waals surface area contributed by atoms with Crippen molar-refractivity contribution in [1.29, 1.82) is 0 Å². The Bertz CT molecular complexity index is 528. The summed E-state index contributed by atoms with van der Waals surface area (Å²) < 4.78 is 26.1. The number of benzene rings is 1. The first-order valence-electron chi connectivity index (χ1n) is 7.79. The maximum absolute atomic E-state index is 13.2. The predicted molar refractivity (Wildman–Crippen MR) is 77.3 cm³/mol. The molecule has 0 N–H and O–H groups in total. The van der Waals surface area contributed by atoms with Gasteiger partial charge in [-0.05, 0) is 62.4 Å². The van der Waals surface area contributed by atoms with E-state index in [1.807, 2.05) is 0 Å². The molecule has 0 radical (unpaired) electrons. The van der Waals surface area contributed by atoms with E-state index in [0.29, 0.717) is 12.0 Å². The smallest absolute Gasteiger partial charge is 0.176 e. The molecule has 0 atom stereocenters. The first-order valence-corrected chi connectivity index (χ1v) is 7.79. The van der Waals surface area contributed by atoms with Gasteiger partial charge in [0.2, 0.25) is 0 Å². The molecular formula is C17H21F2NO. The average Bonchev–Trinajstić information content (AvgIpc) is 2.93. The van der Waals surface area contributed by atoms with Crippen LogP contribution in [0.5, 0.6) is 0 Å². The van der Waals surface area contributed by atoms with E-state index in [9.17, 15) is 13.6 Å². The molecule has 1 heterocycles. The van der Waals surface area contributed by atoms with Crippen LogP contribution in [0.25, 0.3) is 0 Å². The fourth-order valence-electron chi connectivity index (χ4n) is 3.77. The number of piperidine rings is 1. The molecule has 0 bridgehead atoms. The molecule has 2 aliphatic rings. The van der Waals surface area contributed by atoms with Crippen LogP contribution in [0.2, 0.25) is 0 Å². The molecular weight excluding hydrogens is 272 g/mol. The Kier molecular flexibility index (Phi) is 4.07. The molecule has 21 heavy (non-hydrogen) atoms. The van der Waals surface area contributed by atoms with Crippen LogP contribution in [0.1, 0.15) is 48.9 Å². The Hall–Kier alpha value is -1.29. The van der Waals surface area contributed by atoms with E-state index < -0.39 is 11.6 Å². The van der Waals surface area contributed by atoms with Gasteiger partial charge >= 0.3 is 0 Å². The van der Waals surface area contributed by atoms with Crippen molar-refractivity contribution in [3.8, 4) is 0 Å². The molecule has 1 saturated carbocycles. The second kappa shape index (κ2) is 5.84. The summed E-state index contributed by atoms with van der Waals surface area (Å²) in [5.41, 5.74) is 0.789. The number of Topliss-reactive ketones (excluding diaryl/α,β-unsaturated/α-hetero) is 1. The number of hydrogen-bond acceptors (Lipinski definition) is 2. The van der Waals surface area contributed by atoms with Gasteiger partial charge < -0.3 is 0 Å². The van der Waals surface area contributed by atoms with E-state index >= 15 is 0 Å². The topological polar surface area (TPSA) is 20.3 Å². The molecule has 1 aromatic carbocycles. The van der Waals surface area contributed by atoms with Gasteiger partial charge in [-0.3, -0.25) is 9.69 Å². The van der Waals surface area contributed by atoms with Gasteiger partial charge in [0.25, 0.3) is 0 Å². The summed E-state index contributed by atoms with van der Waals surface area (Å²) in [5.74, 6) is -1.99. The van der Waals surface area contributed by atoms with E-state index in [1.165, 1.54) is 31.7 Å². The van der Waals surface area contributed by atoms with Crippen LogP contribution in [0, 0.1) is 17.0 Å². The summed E-state index contributed by atoms with van der Waals surface area (Å²) >= 11 is 0. The maximum Gasteiger partial charge on any atom is 0.176 e. The minimum atomic E-state index is -0.954. The second-order valence-corrected chi connectivity index (χ2v) is 6.54. The third-order valence-corrected chi connectivity index (χ3v) is 5.19. The lowest BCUT2D eigenvalue weighted by atomic mass is 9.77. The third kappa shape index (κ3) is 3.15. The zero-order valence-corrected chi connectivity index (χ0v) is 12.2. The maximum atomic E-state index is 13.2. The predicted octanol–water partition coefficient (Wildman–Crippen LogP) is 3.80. The van der Waals surface area contributed by atoms with Gasteiger partial charge in [0.05, 0.1) is 6.54 Å². The highest BCUT2D eigenvalue weighted by molar-refractivity contribution is 5.97. The van der Waals surface area contributed by atoms with Crippen LogP contribution in [-0.4, -0.2) is 30.3 Å². The standard InChI is InChI=1S/C17H21F2NO/c18-14-4-3-13(11-15(14)19)16(21)12-20-9-7-17(8-10-20)5-1-2-6-17/h3-4,11H,1-2,5-10,12H2. The van der Waals surface area contributed by atoms with Crippen LogP contribution < -0.4 is 0 Å². The van der Waals surface area contributed by atoms with Gasteiger partial charge in [0.15, 0.2) is 17.4 Å². The zero-order valence-electron chi connectivity index (χ0n) is 12.2. The van der Waals surface area contributed by atoms with Crippen LogP contribution in [-0.2, 0) is 0 Å². The first-order chi connectivity index (χ1) is 10.1. The molecule has 2 fully saturated rings. The molecule has 0 unspecified atom stereocenters. The third-order valence-electron chi connectivity index (χ3n) is 5.19. The summed E-state index contributed by atoms with van der Waals surface area (Å²) in [4.78, 5) is 14.3. The Morgan fingerprint density at radius 1 is 1.05 bits per heavy atom. The summed E-state index contributed by atoms with van der Waals surface area (Å²) in [7, 11) is 0. The van der Waals surface area contributed by atoms with Gasteiger partial charge in [0.1, 0.15) is 0 Å². The SMILES string of the molecule is O=C(CN1CCC2(CCCC2)CC1)c1ccc(F)c(F)c1. The fourth-order valence-corrected chi connectivity index (χ4v) is 3.77. The van der Waals surface area contributed by atoms with Gasteiger partial charge in [-0.15, -0.1) is 0 Å². The summed E-state index contributed by atoms with van der Waals surface area (Å²) in [5, 5.41) is 0. The van der Waals surface area contributed by atoms with Gasteiger partial charge in [-0.2, -0.15) is 0 Å². The molecule has 2 nitrogen and oxygen atoms in total. The molecule has 0 aromatic heterocycles. The van der Waals surface area contributed by atoms with Crippen molar-refractivity contribution in [3.05, 3.63) is 35.4 Å². The van der Waals surface area contributed by atoms with Gasteiger partial charge in [-0.25, -0.2) is 8.78 Å². The lowest BCUT2D eigenvalue weighted by Crippen LogP contribution is -2.41. The number of rotatable bonds is 3. The molecule has 1 aliphatic carbocycles. The minimum absolute atomic E-state index is 0.128. The molecule has 114 valence electrons. The molecule has 1 aliphatic heterocycles. The monoisotopic (exact) mass is 293 g/mol. The Morgan fingerprint density at radius 2 is 1.71 bits per heavy atom. The number of carbonyl (C=O) groups is 1. The van der Waals surface area contributed by atoms with E-state index in [1.54, 1.807) is 0 Å². The Balaban J connectivity index is 1.57. The van der Waals surface area contributed by atoms with Crippen LogP contribution in [0.15, 0.2) is 18.2 Å². The molecule has 4 heteroatoms. The largest absolute Gasteiger partial charge is 0.296 e. The molecule has 1 aromatic rings. The highest BCUT2D eigenvalue weighted by Crippen LogP contribution is 2.46. The first kappa shape index (κ1) is 14.6. The van der Waals surface area contributed by atoms with Crippen molar-refractivity contribution in [2.75, 3.05) is 19.6 Å². The summed E-state index contributed by atoms with van der Waals surface area (Å²) in [6.45, 7) is 2.19. The van der Waals surface area contributed by atoms with E-state index in [0.717, 1.165) is 38.1 Å². The van der Waals surface area contributed by atoms with Gasteiger partial charge in [-0.1, -0.05) is 12.8 Å². The van der Waals surface area contributed by atoms with Crippen LogP contribution in [0.3, 0.4) is 0 Å². The fraction of sp³-hybridized carbons (Fsp3) is 0.588. The number of nitrogens with zero attached hydrogens (tertiary/aromatic N) is 1. The molecule has 3 rings (SSSR count). The van der Waals surface area contributed by atoms with Crippen molar-refractivity contribution in [1.82, 2.24) is 4.90 Å². The second-order valence-electron chi connectivity index (χ2n) is 6.54. The molecule has 1 saturated heterocycles. The number of ketones is 1. The number of likely N-dealkylation sites (tertiary alicyclic amines) is 1. The van der Waals surface area contributed by atoms with Gasteiger partial charge in [0, 0.05) is 5.56 Å². The number of hydrogen-bond donors (Lipinski definition) is 0. The van der Waals surface area contributed by atoms with Crippen molar-refractivity contribution in [3.63, 3.8) is 0 Å².